The summed E-state index contributed by atoms with van der Waals surface area (Å²) in [5.74, 6) is -0.0165. The lowest BCUT2D eigenvalue weighted by atomic mass is 10.0. The number of benzene rings is 1. The summed E-state index contributed by atoms with van der Waals surface area (Å²) in [5, 5.41) is 3.07. The van der Waals surface area contributed by atoms with Crippen LogP contribution in [-0.4, -0.2) is 11.9 Å². The summed E-state index contributed by atoms with van der Waals surface area (Å²) < 4.78 is 0. The molecular formula is C17H28N2O. The Balaban J connectivity index is 2.56. The number of carbonyl (C=O) groups is 1. The Hall–Kier alpha value is -1.51. The van der Waals surface area contributed by atoms with Gasteiger partial charge in [-0.15, -0.1) is 0 Å². The molecule has 1 rings (SSSR count). The minimum Gasteiger partial charge on any atom is -0.398 e. The van der Waals surface area contributed by atoms with Gasteiger partial charge in [-0.05, 0) is 44.4 Å². The van der Waals surface area contributed by atoms with Crippen LogP contribution in [0.25, 0.3) is 0 Å². The Morgan fingerprint density at radius 2 is 1.90 bits per heavy atom. The number of hydrogen-bond donors (Lipinski definition) is 2. The van der Waals surface area contributed by atoms with Crippen molar-refractivity contribution in [2.45, 2.75) is 65.8 Å². The molecule has 0 aliphatic heterocycles. The van der Waals surface area contributed by atoms with Gasteiger partial charge in [0.1, 0.15) is 0 Å². The molecule has 0 radical (unpaired) electrons. The maximum absolute atomic E-state index is 12.3. The minimum atomic E-state index is -0.0165. The second-order valence-corrected chi connectivity index (χ2v) is 5.75. The van der Waals surface area contributed by atoms with E-state index in [0.29, 0.717) is 11.3 Å². The second kappa shape index (κ2) is 7.93. The zero-order valence-electron chi connectivity index (χ0n) is 13.3. The van der Waals surface area contributed by atoms with Gasteiger partial charge in [0.2, 0.25) is 0 Å². The molecule has 1 atom stereocenters. The van der Waals surface area contributed by atoms with Gasteiger partial charge in [0.05, 0.1) is 0 Å². The number of nitrogen functional groups attached to an aromatic ring is 1. The van der Waals surface area contributed by atoms with Crippen LogP contribution in [0.4, 0.5) is 5.69 Å². The molecule has 0 saturated heterocycles. The van der Waals surface area contributed by atoms with E-state index in [9.17, 15) is 4.79 Å². The maximum atomic E-state index is 12.3. The monoisotopic (exact) mass is 276 g/mol. The van der Waals surface area contributed by atoms with Gasteiger partial charge < -0.3 is 11.1 Å². The molecule has 1 unspecified atom stereocenters. The quantitative estimate of drug-likeness (QED) is 0.584. The number of carbonyl (C=O) groups excluding carboxylic acids is 1. The lowest BCUT2D eigenvalue weighted by molar-refractivity contribution is 0.0937. The summed E-state index contributed by atoms with van der Waals surface area (Å²) in [6.07, 6.45) is 5.96. The number of unbranched alkanes of at least 4 members (excludes halogenated alkanes) is 3. The van der Waals surface area contributed by atoms with Crippen molar-refractivity contribution in [2.24, 2.45) is 0 Å². The molecule has 0 aliphatic rings. The predicted octanol–water partition coefficient (Wildman–Crippen LogP) is 3.97. The van der Waals surface area contributed by atoms with Gasteiger partial charge in [-0.3, -0.25) is 4.79 Å². The topological polar surface area (TPSA) is 55.1 Å². The zero-order valence-corrected chi connectivity index (χ0v) is 13.3. The molecular weight excluding hydrogens is 248 g/mol. The van der Waals surface area contributed by atoms with Gasteiger partial charge in [-0.1, -0.05) is 38.7 Å². The Labute approximate surface area is 122 Å². The predicted molar refractivity (Wildman–Crippen MR) is 86.0 cm³/mol. The summed E-state index contributed by atoms with van der Waals surface area (Å²) in [6, 6.07) is 3.96. The summed E-state index contributed by atoms with van der Waals surface area (Å²) in [7, 11) is 0. The first-order valence-corrected chi connectivity index (χ1v) is 7.63. The highest BCUT2D eigenvalue weighted by molar-refractivity contribution is 5.96. The van der Waals surface area contributed by atoms with Gasteiger partial charge in [-0.25, -0.2) is 0 Å². The van der Waals surface area contributed by atoms with Crippen molar-refractivity contribution in [3.63, 3.8) is 0 Å². The van der Waals surface area contributed by atoms with Crippen molar-refractivity contribution in [2.75, 3.05) is 5.73 Å². The Morgan fingerprint density at radius 3 is 2.55 bits per heavy atom. The third kappa shape index (κ3) is 4.87. The highest BCUT2D eigenvalue weighted by atomic mass is 16.1. The summed E-state index contributed by atoms with van der Waals surface area (Å²) >= 11 is 0. The Morgan fingerprint density at radius 1 is 1.20 bits per heavy atom. The lowest BCUT2D eigenvalue weighted by Gasteiger charge is -2.15. The molecule has 3 nitrogen and oxygen atoms in total. The Bertz CT molecular complexity index is 455. The van der Waals surface area contributed by atoms with Gasteiger partial charge in [0.25, 0.3) is 5.91 Å². The highest BCUT2D eigenvalue weighted by Gasteiger charge is 2.13. The number of rotatable bonds is 7. The molecule has 0 aliphatic carbocycles. The van der Waals surface area contributed by atoms with Gasteiger partial charge in [0, 0.05) is 17.3 Å². The zero-order chi connectivity index (χ0) is 15.1. The highest BCUT2D eigenvalue weighted by Crippen LogP contribution is 2.18. The van der Waals surface area contributed by atoms with E-state index in [-0.39, 0.29) is 11.9 Å². The van der Waals surface area contributed by atoms with Crippen LogP contribution in [0.5, 0.6) is 0 Å². The molecule has 112 valence electrons. The van der Waals surface area contributed by atoms with Crippen LogP contribution in [0.1, 0.15) is 67.4 Å². The van der Waals surface area contributed by atoms with E-state index in [0.717, 1.165) is 17.5 Å². The van der Waals surface area contributed by atoms with Crippen LogP contribution in [-0.2, 0) is 0 Å². The molecule has 0 bridgehead atoms. The van der Waals surface area contributed by atoms with Crippen molar-refractivity contribution in [3.05, 3.63) is 28.8 Å². The number of nitrogens with two attached hydrogens (primary N) is 1. The summed E-state index contributed by atoms with van der Waals surface area (Å²) in [5.41, 5.74) is 9.26. The first-order valence-electron chi connectivity index (χ1n) is 7.63. The molecule has 0 spiro atoms. The number of aryl methyl sites for hydroxylation is 2. The average Bonchev–Trinajstić information content (AvgIpc) is 2.38. The standard InChI is InChI=1S/C17H28N2O/c1-5-6-7-8-9-14(4)19-17(20)15-11-16(18)13(3)10-12(15)2/h10-11,14H,5-9,18H2,1-4H3,(H,19,20). The van der Waals surface area contributed by atoms with E-state index in [4.69, 9.17) is 5.73 Å². The third-order valence-electron chi connectivity index (χ3n) is 3.73. The van der Waals surface area contributed by atoms with Crippen LogP contribution in [0.3, 0.4) is 0 Å². The van der Waals surface area contributed by atoms with Crippen LogP contribution in [0.15, 0.2) is 12.1 Å². The summed E-state index contributed by atoms with van der Waals surface area (Å²) in [4.78, 5) is 12.3. The molecule has 20 heavy (non-hydrogen) atoms. The molecule has 0 fully saturated rings. The molecule has 1 aromatic rings. The fourth-order valence-corrected chi connectivity index (χ4v) is 2.36. The second-order valence-electron chi connectivity index (χ2n) is 5.75. The number of nitrogens with one attached hydrogen (secondary N) is 1. The molecule has 0 heterocycles. The van der Waals surface area contributed by atoms with Crippen molar-refractivity contribution >= 4 is 11.6 Å². The normalized spacial score (nSPS) is 12.2. The van der Waals surface area contributed by atoms with E-state index >= 15 is 0 Å². The van der Waals surface area contributed by atoms with E-state index in [1.54, 1.807) is 6.07 Å². The summed E-state index contributed by atoms with van der Waals surface area (Å²) in [6.45, 7) is 8.18. The Kier molecular flexibility index (Phi) is 6.56. The number of hydrogen-bond acceptors (Lipinski definition) is 2. The van der Waals surface area contributed by atoms with E-state index < -0.39 is 0 Å². The fourth-order valence-electron chi connectivity index (χ4n) is 2.36. The van der Waals surface area contributed by atoms with E-state index in [1.807, 2.05) is 19.9 Å². The van der Waals surface area contributed by atoms with Crippen LogP contribution >= 0.6 is 0 Å². The molecule has 0 aromatic heterocycles. The van der Waals surface area contributed by atoms with E-state index in [2.05, 4.69) is 19.2 Å². The largest absolute Gasteiger partial charge is 0.398 e. The van der Waals surface area contributed by atoms with Crippen molar-refractivity contribution in [3.8, 4) is 0 Å². The first kappa shape index (κ1) is 16.5. The van der Waals surface area contributed by atoms with Crippen LogP contribution in [0, 0.1) is 13.8 Å². The maximum Gasteiger partial charge on any atom is 0.251 e. The third-order valence-corrected chi connectivity index (χ3v) is 3.73. The van der Waals surface area contributed by atoms with Crippen molar-refractivity contribution < 1.29 is 4.79 Å². The molecule has 0 saturated carbocycles. The molecule has 1 amide bonds. The van der Waals surface area contributed by atoms with Gasteiger partial charge in [0.15, 0.2) is 0 Å². The van der Waals surface area contributed by atoms with Crippen LogP contribution in [0.2, 0.25) is 0 Å². The van der Waals surface area contributed by atoms with Crippen LogP contribution < -0.4 is 11.1 Å². The van der Waals surface area contributed by atoms with Crippen molar-refractivity contribution in [1.29, 1.82) is 0 Å². The number of anilines is 1. The van der Waals surface area contributed by atoms with Gasteiger partial charge >= 0.3 is 0 Å². The van der Waals surface area contributed by atoms with Gasteiger partial charge in [-0.2, -0.15) is 0 Å². The SMILES string of the molecule is CCCCCCC(C)NC(=O)c1cc(N)c(C)cc1C. The molecule has 1 aromatic carbocycles. The van der Waals surface area contributed by atoms with Crippen molar-refractivity contribution in [1.82, 2.24) is 5.32 Å². The smallest absolute Gasteiger partial charge is 0.251 e. The first-order chi connectivity index (χ1) is 9.45. The van der Waals surface area contributed by atoms with E-state index in [1.165, 1.54) is 25.7 Å². The lowest BCUT2D eigenvalue weighted by Crippen LogP contribution is -2.33. The number of amides is 1. The minimum absolute atomic E-state index is 0.0165. The molecule has 3 heteroatoms. The average molecular weight is 276 g/mol. The molecule has 3 N–H and O–H groups in total. The fraction of sp³-hybridized carbons (Fsp3) is 0.588.